The van der Waals surface area contributed by atoms with Crippen molar-refractivity contribution in [2.75, 3.05) is 12.0 Å². The van der Waals surface area contributed by atoms with Gasteiger partial charge in [-0.15, -0.1) is 11.3 Å². The molecule has 1 aromatic heterocycles. The summed E-state index contributed by atoms with van der Waals surface area (Å²) in [6, 6.07) is 7.32. The molecule has 0 aliphatic heterocycles. The fourth-order valence-electron chi connectivity index (χ4n) is 4.74. The number of anilines is 2. The van der Waals surface area contributed by atoms with Gasteiger partial charge in [0.15, 0.2) is 5.13 Å². The van der Waals surface area contributed by atoms with Gasteiger partial charge in [0, 0.05) is 18.7 Å². The molecule has 4 rings (SSSR count). The monoisotopic (exact) mass is 414 g/mol. The number of hydrogen-bond acceptors (Lipinski definition) is 6. The third-order valence-corrected chi connectivity index (χ3v) is 6.94. The van der Waals surface area contributed by atoms with E-state index in [4.69, 9.17) is 9.47 Å². The first-order valence-corrected chi connectivity index (χ1v) is 11.0. The highest BCUT2D eigenvalue weighted by molar-refractivity contribution is 7.14. The number of thiazole rings is 1. The van der Waals surface area contributed by atoms with Crippen molar-refractivity contribution in [1.82, 2.24) is 4.98 Å². The average Bonchev–Trinajstić information content (AvgIpc) is 3.44. The first-order chi connectivity index (χ1) is 14.0. The molecule has 2 saturated carbocycles. The zero-order valence-corrected chi connectivity index (χ0v) is 17.6. The lowest BCUT2D eigenvalue weighted by atomic mass is 9.86. The average molecular weight is 415 g/mol. The van der Waals surface area contributed by atoms with E-state index in [1.54, 1.807) is 13.2 Å². The predicted octanol–water partition coefficient (Wildman–Crippen LogP) is 4.71. The molecular formula is C22H26N2O4S. The molecule has 0 N–H and O–H groups in total. The lowest BCUT2D eigenvalue weighted by molar-refractivity contribution is -0.146. The molecule has 2 bridgehead atoms. The van der Waals surface area contributed by atoms with Crippen molar-refractivity contribution in [3.8, 4) is 5.75 Å². The van der Waals surface area contributed by atoms with E-state index >= 15 is 0 Å². The van der Waals surface area contributed by atoms with Gasteiger partial charge < -0.3 is 9.47 Å². The largest absolute Gasteiger partial charge is 0.495 e. The summed E-state index contributed by atoms with van der Waals surface area (Å²) in [5, 5.41) is 2.35. The molecule has 0 saturated heterocycles. The molecular weight excluding hydrogens is 388 g/mol. The summed E-state index contributed by atoms with van der Waals surface area (Å²) in [5.74, 6) is 2.31. The fourth-order valence-corrected chi connectivity index (χ4v) is 5.61. The molecule has 0 unspecified atom stereocenters. The second kappa shape index (κ2) is 8.53. The van der Waals surface area contributed by atoms with E-state index < -0.39 is 0 Å². The number of carbonyl (C=O) groups excluding carboxylic acids is 2. The predicted molar refractivity (Wildman–Crippen MR) is 111 cm³/mol. The highest BCUT2D eigenvalue weighted by Gasteiger charge is 2.40. The van der Waals surface area contributed by atoms with Crippen LogP contribution >= 0.6 is 11.3 Å². The minimum absolute atomic E-state index is 0.133. The van der Waals surface area contributed by atoms with E-state index in [1.807, 2.05) is 23.6 Å². The van der Waals surface area contributed by atoms with Crippen molar-refractivity contribution in [3.63, 3.8) is 0 Å². The Morgan fingerprint density at radius 3 is 2.76 bits per heavy atom. The Kier molecular flexibility index (Phi) is 5.85. The molecule has 0 radical (unpaired) electrons. The molecule has 7 heteroatoms. The Labute approximate surface area is 174 Å². The summed E-state index contributed by atoms with van der Waals surface area (Å²) >= 11 is 1.34. The number of methoxy groups -OCH3 is 1. The smallest absolute Gasteiger partial charge is 0.306 e. The molecule has 1 aromatic carbocycles. The number of benzene rings is 1. The first kappa shape index (κ1) is 19.9. The maximum Gasteiger partial charge on any atom is 0.306 e. The van der Waals surface area contributed by atoms with Crippen LogP contribution in [0.15, 0.2) is 29.6 Å². The molecule has 3 atom stereocenters. The summed E-state index contributed by atoms with van der Waals surface area (Å²) < 4.78 is 10.9. The van der Waals surface area contributed by atoms with Crippen LogP contribution in [0.5, 0.6) is 5.75 Å². The summed E-state index contributed by atoms with van der Waals surface area (Å²) in [5.41, 5.74) is 1.28. The van der Waals surface area contributed by atoms with Crippen molar-refractivity contribution < 1.29 is 19.1 Å². The zero-order chi connectivity index (χ0) is 20.4. The third kappa shape index (κ3) is 4.29. The fraction of sp³-hybridized carbons (Fsp3) is 0.500. The SMILES string of the molecule is COc1ccccc1N(C(C)=O)c1nc(COC(=O)C[C@@H]2C[C@@H]3CC[C@@H]2C3)cs1. The minimum atomic E-state index is -0.163. The molecule has 2 fully saturated rings. The molecule has 0 spiro atoms. The lowest BCUT2D eigenvalue weighted by Gasteiger charge is -2.20. The number of esters is 1. The van der Waals surface area contributed by atoms with Crippen LogP contribution in [0.25, 0.3) is 0 Å². The Balaban J connectivity index is 1.39. The normalized spacial score (nSPS) is 22.5. The standard InChI is InChI=1S/C22H26N2O4S/c1-14(25)24(19-5-3-4-6-20(19)27-2)22-23-18(13-29-22)12-28-21(26)11-17-10-15-7-8-16(17)9-15/h3-6,13,15-17H,7-12H2,1-2H3/t15-,16-,17+/m1/s1. The summed E-state index contributed by atoms with van der Waals surface area (Å²) in [7, 11) is 1.57. The van der Waals surface area contributed by atoms with Gasteiger partial charge in [-0.1, -0.05) is 18.6 Å². The van der Waals surface area contributed by atoms with E-state index in [0.29, 0.717) is 40.5 Å². The van der Waals surface area contributed by atoms with Crippen molar-refractivity contribution >= 4 is 34.0 Å². The van der Waals surface area contributed by atoms with Crippen LogP contribution < -0.4 is 9.64 Å². The number of rotatable bonds is 7. The molecule has 6 nitrogen and oxygen atoms in total. The molecule has 2 aliphatic carbocycles. The van der Waals surface area contributed by atoms with Crippen LogP contribution in [0, 0.1) is 17.8 Å². The van der Waals surface area contributed by atoms with Crippen LogP contribution in [-0.2, 0) is 20.9 Å². The van der Waals surface area contributed by atoms with Crippen LogP contribution in [0.3, 0.4) is 0 Å². The summed E-state index contributed by atoms with van der Waals surface area (Å²) in [4.78, 5) is 30.6. The quantitative estimate of drug-likeness (QED) is 0.614. The maximum absolute atomic E-state index is 12.3. The van der Waals surface area contributed by atoms with Crippen LogP contribution in [0.1, 0.15) is 44.7 Å². The van der Waals surface area contributed by atoms with E-state index in [-0.39, 0.29) is 18.5 Å². The molecule has 2 aliphatic rings. The van der Waals surface area contributed by atoms with Gasteiger partial charge in [0.1, 0.15) is 12.4 Å². The summed E-state index contributed by atoms with van der Waals surface area (Å²) in [6.07, 6.45) is 5.57. The van der Waals surface area contributed by atoms with Crippen molar-refractivity contribution in [3.05, 3.63) is 35.3 Å². The van der Waals surface area contributed by atoms with Gasteiger partial charge in [0.2, 0.25) is 5.91 Å². The number of carbonyl (C=O) groups is 2. The van der Waals surface area contributed by atoms with Crippen molar-refractivity contribution in [2.45, 2.75) is 45.6 Å². The van der Waals surface area contributed by atoms with E-state index in [1.165, 1.54) is 48.8 Å². The number of ether oxygens (including phenoxy) is 2. The number of para-hydroxylation sites is 2. The number of fused-ring (bicyclic) bond motifs is 2. The van der Waals surface area contributed by atoms with Gasteiger partial charge in [0.25, 0.3) is 0 Å². The zero-order valence-electron chi connectivity index (χ0n) is 16.8. The van der Waals surface area contributed by atoms with Gasteiger partial charge in [-0.05, 0) is 49.1 Å². The Hall–Kier alpha value is -2.41. The number of aromatic nitrogens is 1. The van der Waals surface area contributed by atoms with Crippen LogP contribution in [0.2, 0.25) is 0 Å². The van der Waals surface area contributed by atoms with Gasteiger partial charge in [-0.3, -0.25) is 14.5 Å². The van der Waals surface area contributed by atoms with Gasteiger partial charge in [-0.25, -0.2) is 4.98 Å². The van der Waals surface area contributed by atoms with E-state index in [9.17, 15) is 9.59 Å². The number of hydrogen-bond donors (Lipinski definition) is 0. The van der Waals surface area contributed by atoms with Gasteiger partial charge in [-0.2, -0.15) is 0 Å². The third-order valence-electron chi connectivity index (χ3n) is 6.07. The Morgan fingerprint density at radius 2 is 2.07 bits per heavy atom. The highest BCUT2D eigenvalue weighted by Crippen LogP contribution is 2.49. The topological polar surface area (TPSA) is 68.7 Å². The van der Waals surface area contributed by atoms with Gasteiger partial charge in [0.05, 0.1) is 18.5 Å². The van der Waals surface area contributed by atoms with Gasteiger partial charge >= 0.3 is 5.97 Å². The van der Waals surface area contributed by atoms with E-state index in [0.717, 1.165) is 5.92 Å². The Morgan fingerprint density at radius 1 is 1.24 bits per heavy atom. The molecule has 1 heterocycles. The molecule has 1 amide bonds. The molecule has 154 valence electrons. The second-order valence-corrected chi connectivity index (χ2v) is 8.78. The highest BCUT2D eigenvalue weighted by atomic mass is 32.1. The second-order valence-electron chi connectivity index (χ2n) is 7.95. The van der Waals surface area contributed by atoms with Crippen LogP contribution in [0.4, 0.5) is 10.8 Å². The number of nitrogens with zero attached hydrogens (tertiary/aromatic N) is 2. The maximum atomic E-state index is 12.3. The van der Waals surface area contributed by atoms with E-state index in [2.05, 4.69) is 4.98 Å². The van der Waals surface area contributed by atoms with Crippen molar-refractivity contribution in [2.24, 2.45) is 17.8 Å². The van der Waals surface area contributed by atoms with Crippen molar-refractivity contribution in [1.29, 1.82) is 0 Å². The lowest BCUT2D eigenvalue weighted by Crippen LogP contribution is -2.23. The molecule has 2 aromatic rings. The number of amides is 1. The van der Waals surface area contributed by atoms with Crippen LogP contribution in [-0.4, -0.2) is 24.0 Å². The summed E-state index contributed by atoms with van der Waals surface area (Å²) in [6.45, 7) is 1.62. The first-order valence-electron chi connectivity index (χ1n) is 10.1. The minimum Gasteiger partial charge on any atom is -0.495 e. The Bertz CT molecular complexity index is 896. The molecule has 29 heavy (non-hydrogen) atoms.